The number of aromatic nitrogens is 1. The van der Waals surface area contributed by atoms with Gasteiger partial charge in [0.1, 0.15) is 5.15 Å². The number of alkyl halides is 3. The van der Waals surface area contributed by atoms with Crippen molar-refractivity contribution >= 4 is 44.6 Å². The topological polar surface area (TPSA) is 109 Å². The number of amides is 1. The van der Waals surface area contributed by atoms with E-state index in [1.54, 1.807) is 0 Å². The van der Waals surface area contributed by atoms with E-state index in [0.717, 1.165) is 18.3 Å². The summed E-state index contributed by atoms with van der Waals surface area (Å²) in [5, 5.41) is 2.53. The van der Waals surface area contributed by atoms with Crippen LogP contribution in [0.3, 0.4) is 0 Å². The van der Waals surface area contributed by atoms with E-state index in [-0.39, 0.29) is 22.1 Å². The van der Waals surface area contributed by atoms with E-state index in [9.17, 15) is 26.4 Å². The Balaban J connectivity index is 2.61. The molecule has 1 amide bonds. The van der Waals surface area contributed by atoms with Crippen molar-refractivity contribution in [1.29, 1.82) is 0 Å². The molecule has 0 aliphatic rings. The lowest BCUT2D eigenvalue weighted by molar-refractivity contribution is -0.136. The quantitative estimate of drug-likeness (QED) is 0.472. The summed E-state index contributed by atoms with van der Waals surface area (Å²) in [4.78, 5) is 20.3. The molecule has 1 heterocycles. The third-order valence-corrected chi connectivity index (χ3v) is 4.02. The second-order valence-corrected chi connectivity index (χ2v) is 7.55. The summed E-state index contributed by atoms with van der Waals surface area (Å²) in [6.07, 6.45) is -3.04. The van der Waals surface area contributed by atoms with Crippen LogP contribution in [-0.4, -0.2) is 32.7 Å². The maximum Gasteiger partial charge on any atom is 0.418 e. The molecule has 0 bridgehead atoms. The molecule has 0 saturated heterocycles. The van der Waals surface area contributed by atoms with Crippen LogP contribution in [0.5, 0.6) is 0 Å². The number of para-hydroxylation sites is 1. The van der Waals surface area contributed by atoms with Crippen LogP contribution in [-0.2, 0) is 21.0 Å². The molecule has 0 radical (unpaired) electrons. The SMILES string of the molecule is CONC(=O)c1cnc(Cl)cc1Nc1cccc(C(F)(F)F)c1NS(C)(=O)=O. The van der Waals surface area contributed by atoms with Gasteiger partial charge in [0.25, 0.3) is 5.91 Å². The number of hydrogen-bond acceptors (Lipinski definition) is 6. The van der Waals surface area contributed by atoms with Crippen LogP contribution >= 0.6 is 11.6 Å². The summed E-state index contributed by atoms with van der Waals surface area (Å²) in [5.74, 6) is -0.751. The van der Waals surface area contributed by atoms with Gasteiger partial charge in [-0.25, -0.2) is 18.9 Å². The highest BCUT2D eigenvalue weighted by molar-refractivity contribution is 7.92. The number of carbonyl (C=O) groups is 1. The first-order valence-corrected chi connectivity index (χ1v) is 9.63. The molecule has 2 aromatic rings. The van der Waals surface area contributed by atoms with E-state index < -0.39 is 33.4 Å². The van der Waals surface area contributed by atoms with E-state index in [2.05, 4.69) is 15.1 Å². The van der Waals surface area contributed by atoms with Crippen molar-refractivity contribution in [3.63, 3.8) is 0 Å². The average molecular weight is 439 g/mol. The number of hydrogen-bond donors (Lipinski definition) is 3. The number of halogens is 4. The van der Waals surface area contributed by atoms with Crippen LogP contribution < -0.4 is 15.5 Å². The predicted octanol–water partition coefficient (Wildman–Crippen LogP) is 3.16. The number of benzene rings is 1. The standard InChI is InChI=1S/C15H14ClF3N4O4S/c1-27-22-14(24)8-7-20-12(16)6-11(8)21-10-5-3-4-9(15(17,18)19)13(10)23-28(2,25)26/h3-7,23H,1-2H3,(H,20,21)(H,22,24). The lowest BCUT2D eigenvalue weighted by Gasteiger charge is -2.19. The number of anilines is 3. The molecule has 1 aromatic heterocycles. The summed E-state index contributed by atoms with van der Waals surface area (Å²) >= 11 is 5.81. The fourth-order valence-corrected chi connectivity index (χ4v) is 2.94. The van der Waals surface area contributed by atoms with Crippen molar-refractivity contribution in [2.75, 3.05) is 23.4 Å². The minimum Gasteiger partial charge on any atom is -0.353 e. The minimum absolute atomic E-state index is 0.0228. The van der Waals surface area contributed by atoms with E-state index in [1.165, 1.54) is 19.2 Å². The van der Waals surface area contributed by atoms with E-state index in [1.807, 2.05) is 10.2 Å². The van der Waals surface area contributed by atoms with Crippen LogP contribution in [0.2, 0.25) is 5.15 Å². The number of pyridine rings is 1. The first kappa shape index (κ1) is 21.7. The molecule has 152 valence electrons. The molecule has 3 N–H and O–H groups in total. The molecule has 0 aliphatic carbocycles. The second-order valence-electron chi connectivity index (χ2n) is 5.41. The lowest BCUT2D eigenvalue weighted by Crippen LogP contribution is -2.23. The van der Waals surface area contributed by atoms with Gasteiger partial charge in [0.15, 0.2) is 0 Å². The number of rotatable bonds is 6. The maximum absolute atomic E-state index is 13.3. The number of sulfonamides is 1. The molecule has 0 fully saturated rings. The summed E-state index contributed by atoms with van der Waals surface area (Å²) < 4.78 is 65.0. The van der Waals surface area contributed by atoms with Crippen molar-refractivity contribution < 1.29 is 31.2 Å². The van der Waals surface area contributed by atoms with Crippen LogP contribution in [0.1, 0.15) is 15.9 Å². The first-order chi connectivity index (χ1) is 12.9. The average Bonchev–Trinajstić information content (AvgIpc) is 2.54. The highest BCUT2D eigenvalue weighted by Crippen LogP contribution is 2.40. The Bertz CT molecular complexity index is 999. The van der Waals surface area contributed by atoms with Crippen molar-refractivity contribution in [2.24, 2.45) is 0 Å². The van der Waals surface area contributed by atoms with Crippen LogP contribution in [0.15, 0.2) is 30.5 Å². The summed E-state index contributed by atoms with van der Waals surface area (Å²) in [7, 11) is -2.86. The number of hydroxylamine groups is 1. The number of carbonyl (C=O) groups excluding carboxylic acids is 1. The van der Waals surface area contributed by atoms with Gasteiger partial charge in [0.05, 0.1) is 41.6 Å². The highest BCUT2D eigenvalue weighted by Gasteiger charge is 2.35. The van der Waals surface area contributed by atoms with Gasteiger partial charge in [-0.05, 0) is 18.2 Å². The van der Waals surface area contributed by atoms with Crippen molar-refractivity contribution in [1.82, 2.24) is 10.5 Å². The lowest BCUT2D eigenvalue weighted by atomic mass is 10.1. The fraction of sp³-hybridized carbons (Fsp3) is 0.200. The monoisotopic (exact) mass is 438 g/mol. The summed E-state index contributed by atoms with van der Waals surface area (Å²) in [5.41, 5.74) is -0.288. The van der Waals surface area contributed by atoms with Crippen molar-refractivity contribution in [3.8, 4) is 0 Å². The van der Waals surface area contributed by atoms with Gasteiger partial charge in [-0.3, -0.25) is 14.4 Å². The highest BCUT2D eigenvalue weighted by atomic mass is 35.5. The van der Waals surface area contributed by atoms with Gasteiger partial charge < -0.3 is 5.32 Å². The molecular weight excluding hydrogens is 425 g/mol. The predicted molar refractivity (Wildman–Crippen MR) is 96.9 cm³/mol. The summed E-state index contributed by atoms with van der Waals surface area (Å²) in [6, 6.07) is 4.19. The van der Waals surface area contributed by atoms with Gasteiger partial charge in [0.2, 0.25) is 10.0 Å². The van der Waals surface area contributed by atoms with Crippen LogP contribution in [0.4, 0.5) is 30.2 Å². The molecular formula is C15H14ClF3N4O4S. The van der Waals surface area contributed by atoms with Gasteiger partial charge in [-0.1, -0.05) is 17.7 Å². The smallest absolute Gasteiger partial charge is 0.353 e. The molecule has 0 atom stereocenters. The number of nitrogens with zero attached hydrogens (tertiary/aromatic N) is 1. The third-order valence-electron chi connectivity index (χ3n) is 3.24. The molecule has 8 nitrogen and oxygen atoms in total. The molecule has 0 aliphatic heterocycles. The van der Waals surface area contributed by atoms with E-state index in [4.69, 9.17) is 11.6 Å². The van der Waals surface area contributed by atoms with Crippen LogP contribution in [0, 0.1) is 0 Å². The van der Waals surface area contributed by atoms with Crippen molar-refractivity contribution in [2.45, 2.75) is 6.18 Å². The molecule has 0 spiro atoms. The Morgan fingerprint density at radius 2 is 1.93 bits per heavy atom. The van der Waals surface area contributed by atoms with E-state index >= 15 is 0 Å². The van der Waals surface area contributed by atoms with Gasteiger partial charge in [-0.2, -0.15) is 13.2 Å². The van der Waals surface area contributed by atoms with E-state index in [0.29, 0.717) is 6.26 Å². The zero-order valence-corrected chi connectivity index (χ0v) is 16.0. The van der Waals surface area contributed by atoms with Crippen molar-refractivity contribution in [3.05, 3.63) is 46.7 Å². The second kappa shape index (κ2) is 8.20. The molecule has 2 rings (SSSR count). The Kier molecular flexibility index (Phi) is 6.37. The van der Waals surface area contributed by atoms with Crippen LogP contribution in [0.25, 0.3) is 0 Å². The zero-order valence-electron chi connectivity index (χ0n) is 14.4. The Morgan fingerprint density at radius 1 is 1.25 bits per heavy atom. The van der Waals surface area contributed by atoms with Gasteiger partial charge in [0, 0.05) is 6.20 Å². The zero-order chi connectivity index (χ0) is 21.1. The first-order valence-electron chi connectivity index (χ1n) is 7.36. The molecule has 13 heteroatoms. The molecule has 28 heavy (non-hydrogen) atoms. The third kappa shape index (κ3) is 5.47. The molecule has 0 saturated carbocycles. The molecule has 1 aromatic carbocycles. The Hall–Kier alpha value is -2.57. The largest absolute Gasteiger partial charge is 0.418 e. The molecule has 0 unspecified atom stereocenters. The Labute approximate surface area is 163 Å². The minimum atomic E-state index is -4.84. The summed E-state index contributed by atoms with van der Waals surface area (Å²) in [6.45, 7) is 0. The normalized spacial score (nSPS) is 11.8. The van der Waals surface area contributed by atoms with Gasteiger partial charge in [-0.15, -0.1) is 0 Å². The Morgan fingerprint density at radius 3 is 2.50 bits per heavy atom. The fourth-order valence-electron chi connectivity index (χ4n) is 2.20. The maximum atomic E-state index is 13.3. The van der Waals surface area contributed by atoms with Gasteiger partial charge >= 0.3 is 6.18 Å². The number of nitrogens with one attached hydrogen (secondary N) is 3.